The molecule has 2 amide bonds. The Morgan fingerprint density at radius 2 is 1.76 bits per heavy atom. The molecule has 21 heavy (non-hydrogen) atoms. The van der Waals surface area contributed by atoms with Crippen LogP contribution in [0.3, 0.4) is 0 Å². The summed E-state index contributed by atoms with van der Waals surface area (Å²) in [4.78, 5) is 35.5. The van der Waals surface area contributed by atoms with E-state index in [0.717, 1.165) is 4.90 Å². The molecule has 1 aliphatic heterocycles. The second kappa shape index (κ2) is 5.90. The molecule has 9 heteroatoms. The van der Waals surface area contributed by atoms with Gasteiger partial charge in [-0.05, 0) is 20.8 Å². The molecule has 0 saturated carbocycles. The molecule has 1 fully saturated rings. The SMILES string of the molecule is CC(C)(C)OC(=O)N1CCN(C(=O)C(F)(F)F)[C@@H](C=O)C1. The number of hydrogen-bond donors (Lipinski definition) is 0. The van der Waals surface area contributed by atoms with Crippen molar-refractivity contribution in [2.45, 2.75) is 38.6 Å². The van der Waals surface area contributed by atoms with E-state index >= 15 is 0 Å². The number of alkyl halides is 3. The molecule has 0 aromatic heterocycles. The minimum Gasteiger partial charge on any atom is -0.444 e. The lowest BCUT2D eigenvalue weighted by atomic mass is 10.2. The molecule has 0 aliphatic carbocycles. The first-order valence-electron chi connectivity index (χ1n) is 6.26. The van der Waals surface area contributed by atoms with Gasteiger partial charge in [0.25, 0.3) is 0 Å². The van der Waals surface area contributed by atoms with Crippen molar-refractivity contribution in [3.63, 3.8) is 0 Å². The van der Waals surface area contributed by atoms with Gasteiger partial charge in [0.15, 0.2) is 0 Å². The van der Waals surface area contributed by atoms with Crippen LogP contribution in [0.4, 0.5) is 18.0 Å². The van der Waals surface area contributed by atoms with Crippen LogP contribution in [0, 0.1) is 0 Å². The van der Waals surface area contributed by atoms with Gasteiger partial charge in [0.2, 0.25) is 0 Å². The summed E-state index contributed by atoms with van der Waals surface area (Å²) in [7, 11) is 0. The highest BCUT2D eigenvalue weighted by atomic mass is 19.4. The second-order valence-electron chi connectivity index (χ2n) is 5.63. The normalized spacial score (nSPS) is 20.2. The third-order valence-corrected chi connectivity index (χ3v) is 2.73. The number of halogens is 3. The first-order chi connectivity index (χ1) is 9.45. The zero-order chi connectivity index (χ0) is 16.4. The topological polar surface area (TPSA) is 66.9 Å². The maximum Gasteiger partial charge on any atom is 0.471 e. The van der Waals surface area contributed by atoms with Crippen LogP contribution < -0.4 is 0 Å². The molecule has 0 unspecified atom stereocenters. The molecule has 0 spiro atoms. The van der Waals surface area contributed by atoms with Gasteiger partial charge in [0.05, 0.1) is 6.54 Å². The monoisotopic (exact) mass is 310 g/mol. The summed E-state index contributed by atoms with van der Waals surface area (Å²) in [6.07, 6.45) is -5.55. The minimum absolute atomic E-state index is 0.124. The van der Waals surface area contributed by atoms with E-state index in [9.17, 15) is 27.6 Å². The third-order valence-electron chi connectivity index (χ3n) is 2.73. The van der Waals surface area contributed by atoms with Crippen LogP contribution >= 0.6 is 0 Å². The molecule has 1 heterocycles. The highest BCUT2D eigenvalue weighted by Gasteiger charge is 2.46. The van der Waals surface area contributed by atoms with Crippen molar-refractivity contribution in [3.05, 3.63) is 0 Å². The average molecular weight is 310 g/mol. The van der Waals surface area contributed by atoms with E-state index in [1.165, 1.54) is 0 Å². The largest absolute Gasteiger partial charge is 0.471 e. The lowest BCUT2D eigenvalue weighted by Crippen LogP contribution is -2.60. The van der Waals surface area contributed by atoms with Gasteiger partial charge in [-0.25, -0.2) is 4.79 Å². The van der Waals surface area contributed by atoms with Gasteiger partial charge in [-0.3, -0.25) is 4.79 Å². The number of hydrogen-bond acceptors (Lipinski definition) is 4. The lowest BCUT2D eigenvalue weighted by molar-refractivity contribution is -0.189. The third kappa shape index (κ3) is 4.61. The maximum atomic E-state index is 12.4. The summed E-state index contributed by atoms with van der Waals surface area (Å²) < 4.78 is 42.3. The molecular formula is C12H17F3N2O4. The summed E-state index contributed by atoms with van der Waals surface area (Å²) in [5, 5.41) is 0. The maximum absolute atomic E-state index is 12.4. The number of ether oxygens (including phenoxy) is 1. The predicted molar refractivity (Wildman–Crippen MR) is 65.4 cm³/mol. The van der Waals surface area contributed by atoms with Crippen molar-refractivity contribution < 1.29 is 32.3 Å². The van der Waals surface area contributed by atoms with Crippen molar-refractivity contribution in [1.29, 1.82) is 0 Å². The van der Waals surface area contributed by atoms with E-state index in [1.54, 1.807) is 20.8 Å². The minimum atomic E-state index is -5.05. The van der Waals surface area contributed by atoms with Crippen LogP contribution in [0.5, 0.6) is 0 Å². The standard InChI is InChI=1S/C12H17F3N2O4/c1-11(2,3)21-10(20)16-4-5-17(8(6-16)7-18)9(19)12(13,14)15/h7-8H,4-6H2,1-3H3/t8-/m1/s1. The Kier molecular flexibility index (Phi) is 4.85. The van der Waals surface area contributed by atoms with Crippen molar-refractivity contribution in [2.75, 3.05) is 19.6 Å². The molecule has 1 saturated heterocycles. The van der Waals surface area contributed by atoms with Gasteiger partial charge in [-0.1, -0.05) is 0 Å². The van der Waals surface area contributed by atoms with E-state index in [-0.39, 0.29) is 25.9 Å². The van der Waals surface area contributed by atoms with Gasteiger partial charge >= 0.3 is 18.2 Å². The summed E-state index contributed by atoms with van der Waals surface area (Å²) in [6, 6.07) is -1.33. The molecule has 0 aromatic rings. The lowest BCUT2D eigenvalue weighted by Gasteiger charge is -2.39. The molecule has 0 N–H and O–H groups in total. The Bertz CT molecular complexity index is 431. The molecular weight excluding hydrogens is 293 g/mol. The Morgan fingerprint density at radius 3 is 2.19 bits per heavy atom. The summed E-state index contributed by atoms with van der Waals surface area (Å²) in [5.74, 6) is -2.08. The molecule has 120 valence electrons. The summed E-state index contributed by atoms with van der Waals surface area (Å²) >= 11 is 0. The van der Waals surface area contributed by atoms with Crippen molar-refractivity contribution >= 4 is 18.3 Å². The first kappa shape index (κ1) is 17.3. The van der Waals surface area contributed by atoms with Crippen LogP contribution in [0.15, 0.2) is 0 Å². The number of piperazine rings is 1. The summed E-state index contributed by atoms with van der Waals surface area (Å²) in [5.41, 5.74) is -0.757. The highest BCUT2D eigenvalue weighted by molar-refractivity contribution is 5.85. The van der Waals surface area contributed by atoms with Crippen molar-refractivity contribution in [3.8, 4) is 0 Å². The fourth-order valence-corrected chi connectivity index (χ4v) is 1.83. The van der Waals surface area contributed by atoms with Gasteiger partial charge in [0, 0.05) is 13.1 Å². The molecule has 0 aromatic carbocycles. The van der Waals surface area contributed by atoms with Gasteiger partial charge in [0.1, 0.15) is 17.9 Å². The average Bonchev–Trinajstić information content (AvgIpc) is 2.33. The molecule has 1 atom stereocenters. The van der Waals surface area contributed by atoms with E-state index < -0.39 is 29.8 Å². The molecule has 0 bridgehead atoms. The van der Waals surface area contributed by atoms with Crippen LogP contribution in [-0.4, -0.2) is 65.5 Å². The van der Waals surface area contributed by atoms with E-state index in [0.29, 0.717) is 4.90 Å². The Labute approximate surface area is 119 Å². The van der Waals surface area contributed by atoms with Crippen LogP contribution in [0.1, 0.15) is 20.8 Å². The second-order valence-corrected chi connectivity index (χ2v) is 5.63. The predicted octanol–water partition coefficient (Wildman–Crippen LogP) is 1.20. The highest BCUT2D eigenvalue weighted by Crippen LogP contribution is 2.22. The van der Waals surface area contributed by atoms with Crippen molar-refractivity contribution in [1.82, 2.24) is 9.80 Å². The fraction of sp³-hybridized carbons (Fsp3) is 0.750. The first-order valence-corrected chi connectivity index (χ1v) is 6.26. The molecule has 1 aliphatic rings. The Morgan fingerprint density at radius 1 is 1.19 bits per heavy atom. The fourth-order valence-electron chi connectivity index (χ4n) is 1.83. The number of carbonyl (C=O) groups is 3. The van der Waals surface area contributed by atoms with Gasteiger partial charge in [-0.2, -0.15) is 13.2 Å². The number of aldehydes is 1. The zero-order valence-corrected chi connectivity index (χ0v) is 11.9. The number of amides is 2. The summed E-state index contributed by atoms with van der Waals surface area (Å²) in [6.45, 7) is 4.12. The van der Waals surface area contributed by atoms with E-state index in [2.05, 4.69) is 0 Å². The number of nitrogens with zero attached hydrogens (tertiary/aromatic N) is 2. The van der Waals surface area contributed by atoms with Crippen LogP contribution in [0.2, 0.25) is 0 Å². The van der Waals surface area contributed by atoms with Crippen LogP contribution in [0.25, 0.3) is 0 Å². The molecule has 0 radical (unpaired) electrons. The zero-order valence-electron chi connectivity index (χ0n) is 11.9. The smallest absolute Gasteiger partial charge is 0.444 e. The van der Waals surface area contributed by atoms with Gasteiger partial charge in [-0.15, -0.1) is 0 Å². The van der Waals surface area contributed by atoms with E-state index in [4.69, 9.17) is 4.74 Å². The quantitative estimate of drug-likeness (QED) is 0.683. The van der Waals surface area contributed by atoms with Crippen molar-refractivity contribution in [2.24, 2.45) is 0 Å². The molecule has 1 rings (SSSR count). The van der Waals surface area contributed by atoms with E-state index in [1.807, 2.05) is 0 Å². The Hall–Kier alpha value is -1.80. The number of rotatable bonds is 1. The molecule has 6 nitrogen and oxygen atoms in total. The number of carbonyl (C=O) groups excluding carboxylic acids is 3. The van der Waals surface area contributed by atoms with Gasteiger partial charge < -0.3 is 19.3 Å². The van der Waals surface area contributed by atoms with Crippen LogP contribution in [-0.2, 0) is 14.3 Å². The Balaban J connectivity index is 2.76.